The molecule has 2 fully saturated rings. The molecule has 1 aromatic rings. The van der Waals surface area contributed by atoms with Gasteiger partial charge in [-0.15, -0.1) is 0 Å². The molecular formula is C11H15N3O. The van der Waals surface area contributed by atoms with Gasteiger partial charge < -0.3 is 5.32 Å². The molecule has 0 atom stereocenters. The Bertz CT molecular complexity index is 340. The fourth-order valence-corrected chi connectivity index (χ4v) is 2.14. The SMILES string of the molecule is O=C(NC(C1CC1)C1CC1)c1cn[nH]c1. The van der Waals surface area contributed by atoms with Crippen molar-refractivity contribution >= 4 is 5.91 Å². The highest BCUT2D eigenvalue weighted by atomic mass is 16.1. The van der Waals surface area contributed by atoms with Crippen LogP contribution >= 0.6 is 0 Å². The van der Waals surface area contributed by atoms with Gasteiger partial charge in [0.15, 0.2) is 0 Å². The van der Waals surface area contributed by atoms with E-state index in [-0.39, 0.29) is 5.91 Å². The highest BCUT2D eigenvalue weighted by molar-refractivity contribution is 5.93. The molecule has 2 N–H and O–H groups in total. The summed E-state index contributed by atoms with van der Waals surface area (Å²) in [5.74, 6) is 1.51. The molecule has 2 aliphatic carbocycles. The van der Waals surface area contributed by atoms with Crippen LogP contribution in [0.3, 0.4) is 0 Å². The summed E-state index contributed by atoms with van der Waals surface area (Å²) in [5, 5.41) is 9.59. The molecule has 0 aromatic carbocycles. The van der Waals surface area contributed by atoms with Crippen LogP contribution in [-0.2, 0) is 0 Å². The molecule has 4 heteroatoms. The predicted molar refractivity (Wildman–Crippen MR) is 55.3 cm³/mol. The van der Waals surface area contributed by atoms with Gasteiger partial charge in [0.25, 0.3) is 5.91 Å². The monoisotopic (exact) mass is 205 g/mol. The second-order valence-electron chi connectivity index (χ2n) is 4.66. The summed E-state index contributed by atoms with van der Waals surface area (Å²) in [7, 11) is 0. The molecule has 0 aliphatic heterocycles. The topological polar surface area (TPSA) is 57.8 Å². The maximum absolute atomic E-state index is 11.8. The molecule has 1 aromatic heterocycles. The van der Waals surface area contributed by atoms with Gasteiger partial charge in [-0.05, 0) is 37.5 Å². The zero-order chi connectivity index (χ0) is 10.3. The average Bonchev–Trinajstić information content (AvgIpc) is 3.15. The highest BCUT2D eigenvalue weighted by Crippen LogP contribution is 2.44. The lowest BCUT2D eigenvalue weighted by Crippen LogP contribution is -2.37. The lowest BCUT2D eigenvalue weighted by Gasteiger charge is -2.16. The van der Waals surface area contributed by atoms with Gasteiger partial charge in [0, 0.05) is 12.2 Å². The van der Waals surface area contributed by atoms with Crippen molar-refractivity contribution in [3.05, 3.63) is 18.0 Å². The predicted octanol–water partition coefficient (Wildman–Crippen LogP) is 1.33. The maximum atomic E-state index is 11.8. The van der Waals surface area contributed by atoms with Crippen molar-refractivity contribution in [3.63, 3.8) is 0 Å². The fourth-order valence-electron chi connectivity index (χ4n) is 2.14. The lowest BCUT2D eigenvalue weighted by molar-refractivity contribution is 0.0926. The Kier molecular flexibility index (Phi) is 2.01. The molecule has 1 amide bonds. The van der Waals surface area contributed by atoms with E-state index < -0.39 is 0 Å². The van der Waals surface area contributed by atoms with Crippen LogP contribution in [0.4, 0.5) is 0 Å². The number of aromatic nitrogens is 2. The summed E-state index contributed by atoms with van der Waals surface area (Å²) >= 11 is 0. The zero-order valence-electron chi connectivity index (χ0n) is 8.57. The largest absolute Gasteiger partial charge is 0.349 e. The molecule has 0 saturated heterocycles. The number of carbonyl (C=O) groups is 1. The first-order chi connectivity index (χ1) is 7.34. The number of hydrogen-bond acceptors (Lipinski definition) is 2. The van der Waals surface area contributed by atoms with E-state index in [4.69, 9.17) is 0 Å². The maximum Gasteiger partial charge on any atom is 0.254 e. The van der Waals surface area contributed by atoms with E-state index in [9.17, 15) is 4.79 Å². The first-order valence-electron chi connectivity index (χ1n) is 5.64. The van der Waals surface area contributed by atoms with Crippen molar-refractivity contribution in [2.45, 2.75) is 31.7 Å². The summed E-state index contributed by atoms with van der Waals surface area (Å²) in [5.41, 5.74) is 0.640. The Morgan fingerprint density at radius 2 is 2.07 bits per heavy atom. The number of amides is 1. The van der Waals surface area contributed by atoms with Gasteiger partial charge in [-0.1, -0.05) is 0 Å². The van der Waals surface area contributed by atoms with Gasteiger partial charge in [0.1, 0.15) is 0 Å². The number of carbonyl (C=O) groups excluding carboxylic acids is 1. The normalized spacial score (nSPS) is 20.6. The summed E-state index contributed by atoms with van der Waals surface area (Å²) in [6, 6.07) is 0.424. The van der Waals surface area contributed by atoms with Crippen molar-refractivity contribution in [3.8, 4) is 0 Å². The molecular weight excluding hydrogens is 190 g/mol. The molecule has 0 spiro atoms. The Morgan fingerprint density at radius 1 is 1.40 bits per heavy atom. The quantitative estimate of drug-likeness (QED) is 0.779. The minimum Gasteiger partial charge on any atom is -0.349 e. The summed E-state index contributed by atoms with van der Waals surface area (Å²) in [6.45, 7) is 0. The number of aromatic amines is 1. The molecule has 15 heavy (non-hydrogen) atoms. The Hall–Kier alpha value is -1.32. The van der Waals surface area contributed by atoms with Crippen LogP contribution in [-0.4, -0.2) is 22.1 Å². The smallest absolute Gasteiger partial charge is 0.254 e. The summed E-state index contributed by atoms with van der Waals surface area (Å²) in [6.07, 6.45) is 8.36. The number of nitrogens with one attached hydrogen (secondary N) is 2. The number of rotatable bonds is 4. The Labute approximate surface area is 88.4 Å². The summed E-state index contributed by atoms with van der Waals surface area (Å²) in [4.78, 5) is 11.8. The number of hydrogen-bond donors (Lipinski definition) is 2. The van der Waals surface area contributed by atoms with Crippen LogP contribution in [0.5, 0.6) is 0 Å². The lowest BCUT2D eigenvalue weighted by atomic mass is 10.1. The molecule has 0 bridgehead atoms. The minimum absolute atomic E-state index is 0.0209. The minimum atomic E-state index is 0.0209. The third-order valence-corrected chi connectivity index (χ3v) is 3.32. The van der Waals surface area contributed by atoms with Crippen LogP contribution in [0.2, 0.25) is 0 Å². The molecule has 2 aliphatic rings. The van der Waals surface area contributed by atoms with E-state index in [0.29, 0.717) is 11.6 Å². The Balaban J connectivity index is 1.65. The van der Waals surface area contributed by atoms with E-state index in [1.165, 1.54) is 25.7 Å². The summed E-state index contributed by atoms with van der Waals surface area (Å²) < 4.78 is 0. The fraction of sp³-hybridized carbons (Fsp3) is 0.636. The van der Waals surface area contributed by atoms with E-state index >= 15 is 0 Å². The van der Waals surface area contributed by atoms with Crippen molar-refractivity contribution in [2.24, 2.45) is 11.8 Å². The number of H-pyrrole nitrogens is 1. The van der Waals surface area contributed by atoms with Gasteiger partial charge in [-0.25, -0.2) is 0 Å². The van der Waals surface area contributed by atoms with E-state index in [1.807, 2.05) is 0 Å². The molecule has 0 unspecified atom stereocenters. The van der Waals surface area contributed by atoms with Gasteiger partial charge in [-0.2, -0.15) is 5.10 Å². The molecule has 3 rings (SSSR count). The van der Waals surface area contributed by atoms with E-state index in [2.05, 4.69) is 15.5 Å². The zero-order valence-corrected chi connectivity index (χ0v) is 8.57. The second-order valence-corrected chi connectivity index (χ2v) is 4.66. The van der Waals surface area contributed by atoms with Crippen LogP contribution in [0.1, 0.15) is 36.0 Å². The van der Waals surface area contributed by atoms with Gasteiger partial charge in [-0.3, -0.25) is 9.89 Å². The second kappa shape index (κ2) is 3.36. The average molecular weight is 205 g/mol. The van der Waals surface area contributed by atoms with Gasteiger partial charge in [0.2, 0.25) is 0 Å². The van der Waals surface area contributed by atoms with Crippen molar-refractivity contribution in [1.29, 1.82) is 0 Å². The first-order valence-corrected chi connectivity index (χ1v) is 5.64. The third kappa shape index (κ3) is 1.89. The van der Waals surface area contributed by atoms with Gasteiger partial charge in [0.05, 0.1) is 11.8 Å². The van der Waals surface area contributed by atoms with Crippen LogP contribution in [0.15, 0.2) is 12.4 Å². The molecule has 2 saturated carbocycles. The van der Waals surface area contributed by atoms with E-state index in [0.717, 1.165) is 11.8 Å². The van der Waals surface area contributed by atoms with Crippen molar-refractivity contribution in [1.82, 2.24) is 15.5 Å². The molecule has 0 radical (unpaired) electrons. The highest BCUT2D eigenvalue weighted by Gasteiger charge is 2.42. The first kappa shape index (κ1) is 8.95. The third-order valence-electron chi connectivity index (χ3n) is 3.32. The van der Waals surface area contributed by atoms with Gasteiger partial charge >= 0.3 is 0 Å². The van der Waals surface area contributed by atoms with Crippen LogP contribution < -0.4 is 5.32 Å². The van der Waals surface area contributed by atoms with E-state index in [1.54, 1.807) is 12.4 Å². The number of nitrogens with zero attached hydrogens (tertiary/aromatic N) is 1. The van der Waals surface area contributed by atoms with Crippen LogP contribution in [0.25, 0.3) is 0 Å². The Morgan fingerprint density at radius 3 is 2.53 bits per heavy atom. The van der Waals surface area contributed by atoms with Crippen molar-refractivity contribution < 1.29 is 4.79 Å². The molecule has 1 heterocycles. The molecule has 80 valence electrons. The van der Waals surface area contributed by atoms with Crippen molar-refractivity contribution in [2.75, 3.05) is 0 Å². The standard InChI is InChI=1S/C11H15N3O/c15-11(9-5-12-13-6-9)14-10(7-1-2-7)8-3-4-8/h5-8,10H,1-4H2,(H,12,13)(H,14,15). The molecule has 4 nitrogen and oxygen atoms in total. The van der Waals surface area contributed by atoms with Crippen LogP contribution in [0, 0.1) is 11.8 Å².